The van der Waals surface area contributed by atoms with Gasteiger partial charge < -0.3 is 9.84 Å². The highest BCUT2D eigenvalue weighted by Crippen LogP contribution is 2.30. The third kappa shape index (κ3) is 3.08. The molecule has 1 aliphatic carbocycles. The first-order chi connectivity index (χ1) is 10.1. The molecule has 0 bridgehead atoms. The van der Waals surface area contributed by atoms with Crippen LogP contribution in [0.5, 0.6) is 11.5 Å². The smallest absolute Gasteiger partial charge is 0.166 e. The molecule has 0 fully saturated rings. The lowest BCUT2D eigenvalue weighted by Gasteiger charge is -2.17. The van der Waals surface area contributed by atoms with Gasteiger partial charge in [-0.3, -0.25) is 0 Å². The SMILES string of the molecule is CC(O)c1ccc(Oc2ccc3c(c2)CCCC3)c(F)c1. The molecule has 0 heterocycles. The highest BCUT2D eigenvalue weighted by Gasteiger charge is 2.12. The molecule has 0 amide bonds. The Bertz CT molecular complexity index is 650. The van der Waals surface area contributed by atoms with Crippen LogP contribution in [0.2, 0.25) is 0 Å². The Morgan fingerprint density at radius 2 is 1.81 bits per heavy atom. The minimum Gasteiger partial charge on any atom is -0.454 e. The van der Waals surface area contributed by atoms with Crippen molar-refractivity contribution in [1.82, 2.24) is 0 Å². The third-order valence-corrected chi connectivity index (χ3v) is 3.99. The van der Waals surface area contributed by atoms with E-state index in [9.17, 15) is 9.50 Å². The van der Waals surface area contributed by atoms with Gasteiger partial charge in [-0.15, -0.1) is 0 Å². The maximum Gasteiger partial charge on any atom is 0.166 e. The minimum absolute atomic E-state index is 0.190. The van der Waals surface area contributed by atoms with Gasteiger partial charge in [0.15, 0.2) is 11.6 Å². The lowest BCUT2D eigenvalue weighted by molar-refractivity contribution is 0.198. The fraction of sp³-hybridized carbons (Fsp3) is 0.333. The van der Waals surface area contributed by atoms with Gasteiger partial charge >= 0.3 is 0 Å². The van der Waals surface area contributed by atoms with Gasteiger partial charge in [-0.2, -0.15) is 0 Å². The molecule has 0 aromatic heterocycles. The zero-order valence-corrected chi connectivity index (χ0v) is 12.1. The molecule has 110 valence electrons. The molecule has 21 heavy (non-hydrogen) atoms. The molecule has 1 aliphatic rings. The fourth-order valence-corrected chi connectivity index (χ4v) is 2.76. The van der Waals surface area contributed by atoms with Crippen LogP contribution in [0, 0.1) is 5.82 Å². The monoisotopic (exact) mass is 286 g/mol. The molecule has 0 saturated heterocycles. The van der Waals surface area contributed by atoms with Crippen molar-refractivity contribution >= 4 is 0 Å². The highest BCUT2D eigenvalue weighted by atomic mass is 19.1. The zero-order chi connectivity index (χ0) is 14.8. The van der Waals surface area contributed by atoms with E-state index in [0.29, 0.717) is 11.3 Å². The van der Waals surface area contributed by atoms with Crippen molar-refractivity contribution in [3.8, 4) is 11.5 Å². The van der Waals surface area contributed by atoms with Gasteiger partial charge in [0.05, 0.1) is 6.10 Å². The van der Waals surface area contributed by atoms with Crippen molar-refractivity contribution in [3.05, 3.63) is 58.9 Å². The van der Waals surface area contributed by atoms with E-state index in [1.54, 1.807) is 19.1 Å². The van der Waals surface area contributed by atoms with Crippen LogP contribution in [0.1, 0.15) is 42.6 Å². The third-order valence-electron chi connectivity index (χ3n) is 3.99. The molecule has 2 aromatic carbocycles. The fourth-order valence-electron chi connectivity index (χ4n) is 2.76. The predicted molar refractivity (Wildman–Crippen MR) is 80.2 cm³/mol. The Morgan fingerprint density at radius 1 is 1.05 bits per heavy atom. The summed E-state index contributed by atoms with van der Waals surface area (Å²) in [7, 11) is 0. The van der Waals surface area contributed by atoms with Gasteiger partial charge in [0.1, 0.15) is 5.75 Å². The van der Waals surface area contributed by atoms with E-state index >= 15 is 0 Å². The van der Waals surface area contributed by atoms with E-state index < -0.39 is 11.9 Å². The Morgan fingerprint density at radius 3 is 2.52 bits per heavy atom. The van der Waals surface area contributed by atoms with Crippen LogP contribution < -0.4 is 4.74 Å². The van der Waals surface area contributed by atoms with Crippen molar-refractivity contribution < 1.29 is 14.2 Å². The number of rotatable bonds is 3. The number of aliphatic hydroxyl groups excluding tert-OH is 1. The summed E-state index contributed by atoms with van der Waals surface area (Å²) in [6, 6.07) is 10.5. The number of hydrogen-bond donors (Lipinski definition) is 1. The van der Waals surface area contributed by atoms with E-state index in [2.05, 4.69) is 6.07 Å². The summed E-state index contributed by atoms with van der Waals surface area (Å²) in [6.45, 7) is 1.61. The van der Waals surface area contributed by atoms with E-state index in [-0.39, 0.29) is 5.75 Å². The van der Waals surface area contributed by atoms with Gasteiger partial charge in [-0.05, 0) is 73.6 Å². The second-order valence-electron chi connectivity index (χ2n) is 5.61. The standard InChI is InChI=1S/C18H19FO2/c1-12(20)14-7-9-18(17(19)11-14)21-16-8-6-13-4-2-3-5-15(13)10-16/h6-12,20H,2-5H2,1H3. The van der Waals surface area contributed by atoms with Crippen LogP contribution in [0.3, 0.4) is 0 Å². The zero-order valence-electron chi connectivity index (χ0n) is 12.1. The maximum absolute atomic E-state index is 14.0. The van der Waals surface area contributed by atoms with Gasteiger partial charge in [0.2, 0.25) is 0 Å². The number of aryl methyl sites for hydroxylation is 2. The Balaban J connectivity index is 1.83. The Labute approximate surface area is 124 Å². The summed E-state index contributed by atoms with van der Waals surface area (Å²) in [5.74, 6) is 0.403. The topological polar surface area (TPSA) is 29.5 Å². The molecular formula is C18H19FO2. The van der Waals surface area contributed by atoms with Crippen LogP contribution in [0.25, 0.3) is 0 Å². The number of benzene rings is 2. The van der Waals surface area contributed by atoms with Crippen molar-refractivity contribution in [1.29, 1.82) is 0 Å². The van der Waals surface area contributed by atoms with Crippen LogP contribution >= 0.6 is 0 Å². The molecule has 0 aliphatic heterocycles. The Hall–Kier alpha value is -1.87. The molecule has 2 aromatic rings. The molecule has 3 heteroatoms. The number of ether oxygens (including phenoxy) is 1. The molecule has 3 rings (SSSR count). The van der Waals surface area contributed by atoms with E-state index in [4.69, 9.17) is 4.74 Å². The van der Waals surface area contributed by atoms with E-state index in [1.807, 2.05) is 12.1 Å². The summed E-state index contributed by atoms with van der Waals surface area (Å²) in [5, 5.41) is 9.45. The lowest BCUT2D eigenvalue weighted by atomic mass is 9.92. The number of aliphatic hydroxyl groups is 1. The van der Waals surface area contributed by atoms with Crippen LogP contribution in [0.15, 0.2) is 36.4 Å². The number of fused-ring (bicyclic) bond motifs is 1. The Kier molecular flexibility index (Phi) is 3.93. The normalized spacial score (nSPS) is 15.4. The van der Waals surface area contributed by atoms with Crippen molar-refractivity contribution in [2.75, 3.05) is 0 Å². The molecule has 0 saturated carbocycles. The summed E-state index contributed by atoms with van der Waals surface area (Å²) in [5.41, 5.74) is 3.23. The second-order valence-corrected chi connectivity index (χ2v) is 5.61. The first kappa shape index (κ1) is 14.1. The van der Waals surface area contributed by atoms with Gasteiger partial charge in [-0.25, -0.2) is 4.39 Å². The molecule has 1 atom stereocenters. The van der Waals surface area contributed by atoms with E-state index in [0.717, 1.165) is 12.8 Å². The summed E-state index contributed by atoms with van der Waals surface area (Å²) < 4.78 is 19.7. The highest BCUT2D eigenvalue weighted by molar-refractivity contribution is 5.40. The summed E-state index contributed by atoms with van der Waals surface area (Å²) in [4.78, 5) is 0. The molecule has 2 nitrogen and oxygen atoms in total. The largest absolute Gasteiger partial charge is 0.454 e. The quantitative estimate of drug-likeness (QED) is 0.897. The van der Waals surface area contributed by atoms with Crippen LogP contribution in [-0.4, -0.2) is 5.11 Å². The van der Waals surface area contributed by atoms with Gasteiger partial charge in [0, 0.05) is 0 Å². The molecule has 0 radical (unpaired) electrons. The molecule has 1 unspecified atom stereocenters. The van der Waals surface area contributed by atoms with Gasteiger partial charge in [0.25, 0.3) is 0 Å². The predicted octanol–water partition coefficient (Wildman–Crippen LogP) is 4.55. The molecule has 0 spiro atoms. The van der Waals surface area contributed by atoms with Crippen LogP contribution in [0.4, 0.5) is 4.39 Å². The maximum atomic E-state index is 14.0. The number of hydrogen-bond acceptors (Lipinski definition) is 2. The van der Waals surface area contributed by atoms with Crippen molar-refractivity contribution in [3.63, 3.8) is 0 Å². The summed E-state index contributed by atoms with van der Waals surface area (Å²) >= 11 is 0. The average molecular weight is 286 g/mol. The second kappa shape index (κ2) is 5.86. The first-order valence-corrected chi connectivity index (χ1v) is 7.40. The van der Waals surface area contributed by atoms with Crippen molar-refractivity contribution in [2.45, 2.75) is 38.7 Å². The van der Waals surface area contributed by atoms with Crippen LogP contribution in [-0.2, 0) is 12.8 Å². The minimum atomic E-state index is -0.683. The van der Waals surface area contributed by atoms with E-state index in [1.165, 1.54) is 30.0 Å². The number of halogens is 1. The van der Waals surface area contributed by atoms with Crippen molar-refractivity contribution in [2.24, 2.45) is 0 Å². The lowest BCUT2D eigenvalue weighted by Crippen LogP contribution is -2.02. The molecular weight excluding hydrogens is 267 g/mol. The average Bonchev–Trinajstić information content (AvgIpc) is 2.49. The summed E-state index contributed by atoms with van der Waals surface area (Å²) in [6.07, 6.45) is 3.94. The first-order valence-electron chi connectivity index (χ1n) is 7.40. The van der Waals surface area contributed by atoms with Gasteiger partial charge in [-0.1, -0.05) is 12.1 Å². The molecule has 1 N–H and O–H groups in total.